The quantitative estimate of drug-likeness (QED) is 0.393. The highest BCUT2D eigenvalue weighted by Crippen LogP contribution is 2.27. The molecule has 1 aliphatic heterocycles. The molecule has 0 spiro atoms. The van der Waals surface area contributed by atoms with Crippen LogP contribution in [0.3, 0.4) is 0 Å². The topological polar surface area (TPSA) is 79.2 Å². The van der Waals surface area contributed by atoms with E-state index >= 15 is 0 Å². The fourth-order valence-electron chi connectivity index (χ4n) is 3.59. The van der Waals surface area contributed by atoms with Crippen molar-refractivity contribution in [1.29, 1.82) is 0 Å². The maximum absolute atomic E-state index is 13.9. The Morgan fingerprint density at radius 2 is 1.68 bits per heavy atom. The lowest BCUT2D eigenvalue weighted by molar-refractivity contribution is 0.112. The number of anilines is 3. The van der Waals surface area contributed by atoms with E-state index in [0.717, 1.165) is 25.0 Å². The van der Waals surface area contributed by atoms with E-state index in [9.17, 15) is 18.0 Å². The molecule has 5 rings (SSSR count). The predicted molar refractivity (Wildman–Crippen MR) is 139 cm³/mol. The van der Waals surface area contributed by atoms with Gasteiger partial charge in [-0.2, -0.15) is 0 Å². The van der Waals surface area contributed by atoms with Crippen molar-refractivity contribution in [2.24, 2.45) is 7.05 Å². The first-order valence-electron chi connectivity index (χ1n) is 11.6. The van der Waals surface area contributed by atoms with Crippen molar-refractivity contribution in [3.8, 4) is 0 Å². The van der Waals surface area contributed by atoms with Crippen molar-refractivity contribution in [3.05, 3.63) is 72.1 Å². The van der Waals surface area contributed by atoms with E-state index in [1.165, 1.54) is 54.3 Å². The zero-order chi connectivity index (χ0) is 26.9. The van der Waals surface area contributed by atoms with Crippen LogP contribution in [0.1, 0.15) is 23.2 Å². The van der Waals surface area contributed by atoms with Gasteiger partial charge in [-0.05, 0) is 64.3 Å². The maximum Gasteiger partial charge on any atom is 0.154 e. The molecule has 0 atom stereocenters. The minimum absolute atomic E-state index is 0.101. The SMILES string of the molecule is CN(C)C.Cn1cc(F)c2c(Nc3ccc(C=O)cc3F)ncnc21.Fc1ccc(N2CCCC2)nc1. The first-order chi connectivity index (χ1) is 17.7. The number of halogens is 3. The summed E-state index contributed by atoms with van der Waals surface area (Å²) in [7, 11) is 7.65. The van der Waals surface area contributed by atoms with Crippen molar-refractivity contribution in [2.45, 2.75) is 12.8 Å². The van der Waals surface area contributed by atoms with Gasteiger partial charge in [0.15, 0.2) is 5.82 Å². The lowest BCUT2D eigenvalue weighted by Crippen LogP contribution is -2.18. The van der Waals surface area contributed by atoms with Gasteiger partial charge in [-0.25, -0.2) is 28.1 Å². The Bertz CT molecular complexity index is 1320. The third-order valence-electron chi connectivity index (χ3n) is 5.23. The molecular weight excluding hydrogens is 483 g/mol. The van der Waals surface area contributed by atoms with Gasteiger partial charge in [-0.1, -0.05) is 0 Å². The normalized spacial score (nSPS) is 12.6. The van der Waals surface area contributed by atoms with E-state index in [2.05, 4.69) is 25.2 Å². The van der Waals surface area contributed by atoms with Crippen molar-refractivity contribution in [3.63, 3.8) is 0 Å². The molecule has 0 radical (unpaired) electrons. The summed E-state index contributed by atoms with van der Waals surface area (Å²) in [6.45, 7) is 2.11. The van der Waals surface area contributed by atoms with Gasteiger partial charge in [-0.15, -0.1) is 0 Å². The van der Waals surface area contributed by atoms with Gasteiger partial charge < -0.3 is 19.7 Å². The van der Waals surface area contributed by atoms with Crippen molar-refractivity contribution >= 4 is 34.6 Å². The molecular formula is C26H30F3N7O. The minimum Gasteiger partial charge on any atom is -0.357 e. The number of pyridine rings is 1. The van der Waals surface area contributed by atoms with Crippen LogP contribution < -0.4 is 10.2 Å². The molecule has 0 unspecified atom stereocenters. The summed E-state index contributed by atoms with van der Waals surface area (Å²) < 4.78 is 41.8. The second kappa shape index (κ2) is 12.8. The number of benzene rings is 1. The van der Waals surface area contributed by atoms with Crippen LogP contribution in [0, 0.1) is 17.5 Å². The van der Waals surface area contributed by atoms with Crippen molar-refractivity contribution in [2.75, 3.05) is 44.4 Å². The number of hydrogen-bond acceptors (Lipinski definition) is 7. The fourth-order valence-corrected chi connectivity index (χ4v) is 3.59. The third-order valence-corrected chi connectivity index (χ3v) is 5.23. The maximum atomic E-state index is 13.9. The smallest absolute Gasteiger partial charge is 0.154 e. The number of nitrogens with one attached hydrogen (secondary N) is 1. The Morgan fingerprint density at radius 1 is 0.973 bits per heavy atom. The number of rotatable bonds is 4. The molecule has 37 heavy (non-hydrogen) atoms. The van der Waals surface area contributed by atoms with E-state index < -0.39 is 11.6 Å². The van der Waals surface area contributed by atoms with Crippen molar-refractivity contribution in [1.82, 2.24) is 24.4 Å². The average molecular weight is 514 g/mol. The van der Waals surface area contributed by atoms with Crippen LogP contribution >= 0.6 is 0 Å². The molecule has 1 aliphatic rings. The van der Waals surface area contributed by atoms with Crippen LogP contribution in [0.5, 0.6) is 0 Å². The van der Waals surface area contributed by atoms with Crippen molar-refractivity contribution < 1.29 is 18.0 Å². The molecule has 0 amide bonds. The standard InChI is InChI=1S/C14H10F2N4O.C9H11FN2.C3H9N/c1-20-5-10(16)12-13(17-7-18-14(12)20)19-11-3-2-8(6-21)4-9(11)15;10-8-3-4-9(11-7-8)12-5-1-2-6-12;1-4(2)3/h2-7H,1H3,(H,17,18,19);3-4,7H,1-2,5-6H2;1-3H3. The van der Waals surface area contributed by atoms with Crippen LogP contribution in [0.15, 0.2) is 49.1 Å². The predicted octanol–water partition coefficient (Wildman–Crippen LogP) is 4.80. The van der Waals surface area contributed by atoms with E-state index in [1.54, 1.807) is 13.1 Å². The Kier molecular flexibility index (Phi) is 9.56. The molecule has 1 saturated heterocycles. The Balaban J connectivity index is 0.000000200. The molecule has 11 heteroatoms. The number of hydrogen-bond donors (Lipinski definition) is 1. The van der Waals surface area contributed by atoms with Gasteiger partial charge in [0.2, 0.25) is 0 Å². The van der Waals surface area contributed by atoms with Crippen LogP contribution in [0.2, 0.25) is 0 Å². The molecule has 0 aliphatic carbocycles. The summed E-state index contributed by atoms with van der Waals surface area (Å²) in [4.78, 5) is 26.7. The Morgan fingerprint density at radius 3 is 2.27 bits per heavy atom. The van der Waals surface area contributed by atoms with Gasteiger partial charge in [-0.3, -0.25) is 4.79 Å². The first kappa shape index (κ1) is 27.6. The second-order valence-electron chi connectivity index (χ2n) is 8.86. The number of carbonyl (C=O) groups is 1. The molecule has 0 bridgehead atoms. The van der Waals surface area contributed by atoms with Gasteiger partial charge in [0.1, 0.15) is 41.5 Å². The van der Waals surface area contributed by atoms with Gasteiger partial charge in [0.05, 0.1) is 17.3 Å². The van der Waals surface area contributed by atoms with Gasteiger partial charge >= 0.3 is 0 Å². The average Bonchev–Trinajstić information content (AvgIpc) is 3.50. The summed E-state index contributed by atoms with van der Waals surface area (Å²) in [6.07, 6.45) is 6.80. The third kappa shape index (κ3) is 7.50. The summed E-state index contributed by atoms with van der Waals surface area (Å²) in [6, 6.07) is 7.14. The van der Waals surface area contributed by atoms with E-state index in [-0.39, 0.29) is 28.3 Å². The second-order valence-corrected chi connectivity index (χ2v) is 8.86. The molecule has 1 N–H and O–H groups in total. The summed E-state index contributed by atoms with van der Waals surface area (Å²) >= 11 is 0. The zero-order valence-corrected chi connectivity index (χ0v) is 21.3. The zero-order valence-electron chi connectivity index (χ0n) is 21.3. The molecule has 196 valence electrons. The van der Waals surface area contributed by atoms with E-state index in [4.69, 9.17) is 0 Å². The Labute approximate surface area is 213 Å². The lowest BCUT2D eigenvalue weighted by atomic mass is 10.2. The number of carbonyl (C=O) groups excluding carboxylic acids is 1. The Hall–Kier alpha value is -3.99. The van der Waals surface area contributed by atoms with Crippen LogP contribution in [-0.2, 0) is 7.05 Å². The molecule has 1 aromatic carbocycles. The van der Waals surface area contributed by atoms with E-state index in [0.29, 0.717) is 11.9 Å². The highest BCUT2D eigenvalue weighted by atomic mass is 19.1. The molecule has 0 saturated carbocycles. The number of nitrogens with zero attached hydrogens (tertiary/aromatic N) is 6. The highest BCUT2D eigenvalue weighted by Gasteiger charge is 2.15. The lowest BCUT2D eigenvalue weighted by Gasteiger charge is -2.15. The molecule has 1 fully saturated rings. The fraction of sp³-hybridized carbons (Fsp3) is 0.308. The van der Waals surface area contributed by atoms with E-state index in [1.807, 2.05) is 26.0 Å². The number of aldehydes is 1. The molecule has 4 heterocycles. The number of fused-ring (bicyclic) bond motifs is 1. The number of aromatic nitrogens is 4. The first-order valence-corrected chi connectivity index (χ1v) is 11.6. The monoisotopic (exact) mass is 513 g/mol. The molecule has 3 aromatic heterocycles. The molecule has 8 nitrogen and oxygen atoms in total. The minimum atomic E-state index is -0.622. The summed E-state index contributed by atoms with van der Waals surface area (Å²) in [5.41, 5.74) is 0.718. The highest BCUT2D eigenvalue weighted by molar-refractivity contribution is 5.90. The molecule has 4 aromatic rings. The van der Waals surface area contributed by atoms with Crippen LogP contribution in [0.4, 0.5) is 30.5 Å². The van der Waals surface area contributed by atoms with Gasteiger partial charge in [0, 0.05) is 31.9 Å². The number of aryl methyl sites for hydroxylation is 1. The van der Waals surface area contributed by atoms with Gasteiger partial charge in [0.25, 0.3) is 0 Å². The van der Waals surface area contributed by atoms with Crippen LogP contribution in [0.25, 0.3) is 11.0 Å². The largest absolute Gasteiger partial charge is 0.357 e. The van der Waals surface area contributed by atoms with Crippen LogP contribution in [-0.4, -0.2) is 64.9 Å². The summed E-state index contributed by atoms with van der Waals surface area (Å²) in [5, 5.41) is 2.90. The summed E-state index contributed by atoms with van der Waals surface area (Å²) in [5.74, 6) is -0.328.